The average Bonchev–Trinajstić information content (AvgIpc) is 2.74. The van der Waals surface area contributed by atoms with E-state index in [9.17, 15) is 0 Å². The van der Waals surface area contributed by atoms with Gasteiger partial charge in [0.25, 0.3) is 0 Å². The molecule has 6 nitrogen and oxygen atoms in total. The molecule has 3 unspecified atom stereocenters. The Labute approximate surface area is 174 Å². The van der Waals surface area contributed by atoms with E-state index in [0.29, 0.717) is 5.02 Å². The number of anilines is 1. The molecule has 4 rings (SSSR count). The maximum absolute atomic E-state index is 6.90. The van der Waals surface area contributed by atoms with Gasteiger partial charge in [0.2, 0.25) is 5.95 Å². The van der Waals surface area contributed by atoms with Crippen molar-refractivity contribution in [2.45, 2.75) is 17.5 Å². The van der Waals surface area contributed by atoms with Crippen molar-refractivity contribution < 1.29 is 0 Å². The molecule has 0 radical (unpaired) electrons. The van der Waals surface area contributed by atoms with Gasteiger partial charge < -0.3 is 16.8 Å². The Kier molecular flexibility index (Phi) is 5.29. The Balaban J connectivity index is 1.94. The lowest BCUT2D eigenvalue weighted by molar-refractivity contribution is 0.347. The van der Waals surface area contributed by atoms with Crippen molar-refractivity contribution in [3.8, 4) is 0 Å². The van der Waals surface area contributed by atoms with Crippen LogP contribution in [0.15, 0.2) is 85.5 Å². The Morgan fingerprint density at radius 3 is 2.48 bits per heavy atom. The first-order valence-electron chi connectivity index (χ1n) is 9.21. The van der Waals surface area contributed by atoms with E-state index in [4.69, 9.17) is 23.1 Å². The molecule has 0 fully saturated rings. The second kappa shape index (κ2) is 8.03. The quantitative estimate of drug-likeness (QED) is 0.602. The summed E-state index contributed by atoms with van der Waals surface area (Å²) in [5.74, 6) is -0.257. The topological polar surface area (TPSA) is 103 Å². The third kappa shape index (κ3) is 3.99. The molecule has 3 aromatic rings. The second-order valence-corrected chi connectivity index (χ2v) is 7.36. The second-order valence-electron chi connectivity index (χ2n) is 6.93. The molecule has 5 N–H and O–H groups in total. The van der Waals surface area contributed by atoms with Crippen molar-refractivity contribution in [2.24, 2.45) is 5.73 Å². The van der Waals surface area contributed by atoms with Gasteiger partial charge in [-0.2, -0.15) is 0 Å². The Hall–Kier alpha value is -3.22. The number of rotatable bonds is 5. The van der Waals surface area contributed by atoms with Crippen molar-refractivity contribution in [1.29, 1.82) is 0 Å². The minimum atomic E-state index is -0.873. The molecule has 3 heterocycles. The number of halogens is 1. The third-order valence-electron chi connectivity index (χ3n) is 5.05. The number of benzene rings is 1. The van der Waals surface area contributed by atoms with E-state index >= 15 is 0 Å². The van der Waals surface area contributed by atoms with E-state index in [1.807, 2.05) is 73.1 Å². The zero-order valence-corrected chi connectivity index (χ0v) is 16.4. The van der Waals surface area contributed by atoms with E-state index < -0.39 is 5.66 Å². The summed E-state index contributed by atoms with van der Waals surface area (Å²) in [6.07, 6.45) is 12.9. The summed E-state index contributed by atoms with van der Waals surface area (Å²) in [4.78, 5) is 12.9. The van der Waals surface area contributed by atoms with E-state index in [2.05, 4.69) is 20.3 Å². The van der Waals surface area contributed by atoms with Crippen molar-refractivity contribution in [3.05, 3.63) is 107 Å². The molecular weight excluding hydrogens is 384 g/mol. The van der Waals surface area contributed by atoms with E-state index in [1.165, 1.54) is 0 Å². The van der Waals surface area contributed by atoms with Crippen LogP contribution >= 0.6 is 11.6 Å². The fourth-order valence-electron chi connectivity index (χ4n) is 3.77. The molecule has 29 heavy (non-hydrogen) atoms. The minimum Gasteiger partial charge on any atom is -0.370 e. The van der Waals surface area contributed by atoms with Crippen LogP contribution in [-0.4, -0.2) is 20.6 Å². The fourth-order valence-corrected chi connectivity index (χ4v) is 3.90. The first-order chi connectivity index (χ1) is 14.1. The van der Waals surface area contributed by atoms with E-state index in [0.717, 1.165) is 16.8 Å². The van der Waals surface area contributed by atoms with Crippen LogP contribution in [0.5, 0.6) is 0 Å². The zero-order chi connectivity index (χ0) is 20.3. The SMILES string of the molecule is Nc1nccc(C(c2ccc(Cl)cc2)C(c2cccnc2)C2(N)C=CC=CN2)n1. The number of nitrogens with one attached hydrogen (secondary N) is 1. The number of hydrogen-bond acceptors (Lipinski definition) is 6. The molecule has 0 aliphatic carbocycles. The zero-order valence-electron chi connectivity index (χ0n) is 15.6. The summed E-state index contributed by atoms with van der Waals surface area (Å²) < 4.78 is 0. The molecule has 1 aliphatic heterocycles. The maximum atomic E-state index is 6.90. The summed E-state index contributed by atoms with van der Waals surface area (Å²) in [5.41, 5.74) is 14.7. The first kappa shape index (κ1) is 19.1. The molecule has 0 saturated carbocycles. The van der Waals surface area contributed by atoms with E-state index in [1.54, 1.807) is 12.4 Å². The number of nitrogen functional groups attached to an aromatic ring is 1. The monoisotopic (exact) mass is 404 g/mol. The molecule has 3 atom stereocenters. The molecule has 1 aliphatic rings. The Morgan fingerprint density at radius 1 is 1.00 bits per heavy atom. The van der Waals surface area contributed by atoms with Gasteiger partial charge in [-0.25, -0.2) is 9.97 Å². The molecular formula is C22H21ClN6. The predicted molar refractivity (Wildman–Crippen MR) is 115 cm³/mol. The van der Waals surface area contributed by atoms with Crippen molar-refractivity contribution in [1.82, 2.24) is 20.3 Å². The molecule has 0 saturated heterocycles. The number of pyridine rings is 1. The lowest BCUT2D eigenvalue weighted by Crippen LogP contribution is -2.56. The summed E-state index contributed by atoms with van der Waals surface area (Å²) in [6.45, 7) is 0. The highest BCUT2D eigenvalue weighted by Crippen LogP contribution is 2.43. The molecule has 7 heteroatoms. The lowest BCUT2D eigenvalue weighted by atomic mass is 9.72. The molecule has 0 amide bonds. The molecule has 0 spiro atoms. The van der Waals surface area contributed by atoms with Crippen molar-refractivity contribution in [2.75, 3.05) is 5.73 Å². The number of nitrogens with zero attached hydrogens (tertiary/aromatic N) is 3. The molecule has 1 aromatic carbocycles. The number of dihydropyridines is 1. The smallest absolute Gasteiger partial charge is 0.220 e. The van der Waals surface area contributed by atoms with Crippen LogP contribution in [0.25, 0.3) is 0 Å². The standard InChI is InChI=1S/C22H21ClN6/c23-17-7-5-15(6-8-17)19(18-9-13-27-21(24)29-18)20(16-4-3-11-26-14-16)22(25)10-1-2-12-28-22/h1-14,19-20,28H,25H2,(H2,24,27,29). The van der Waals surface area contributed by atoms with Crippen LogP contribution in [0.2, 0.25) is 5.02 Å². The van der Waals surface area contributed by atoms with Gasteiger partial charge in [0, 0.05) is 35.4 Å². The number of hydrogen-bond donors (Lipinski definition) is 3. The molecule has 0 bridgehead atoms. The number of aromatic nitrogens is 3. The highest BCUT2D eigenvalue weighted by molar-refractivity contribution is 6.30. The van der Waals surface area contributed by atoms with Crippen molar-refractivity contribution in [3.63, 3.8) is 0 Å². The maximum Gasteiger partial charge on any atom is 0.220 e. The Morgan fingerprint density at radius 2 is 1.83 bits per heavy atom. The van der Waals surface area contributed by atoms with Crippen LogP contribution < -0.4 is 16.8 Å². The number of nitrogens with two attached hydrogens (primary N) is 2. The predicted octanol–water partition coefficient (Wildman–Crippen LogP) is 3.35. The third-order valence-corrected chi connectivity index (χ3v) is 5.30. The van der Waals surface area contributed by atoms with Crippen LogP contribution in [0, 0.1) is 0 Å². The van der Waals surface area contributed by atoms with Gasteiger partial charge in [0.15, 0.2) is 0 Å². The summed E-state index contributed by atoms with van der Waals surface area (Å²) >= 11 is 6.15. The summed E-state index contributed by atoms with van der Waals surface area (Å²) in [7, 11) is 0. The van der Waals surface area contributed by atoms with Crippen LogP contribution in [0.3, 0.4) is 0 Å². The van der Waals surface area contributed by atoms with Crippen LogP contribution in [-0.2, 0) is 0 Å². The van der Waals surface area contributed by atoms with Gasteiger partial charge in [-0.15, -0.1) is 0 Å². The first-order valence-corrected chi connectivity index (χ1v) is 9.59. The van der Waals surface area contributed by atoms with Gasteiger partial charge in [0.1, 0.15) is 5.66 Å². The summed E-state index contributed by atoms with van der Waals surface area (Å²) in [6, 6.07) is 13.5. The summed E-state index contributed by atoms with van der Waals surface area (Å²) in [5, 5.41) is 3.98. The minimum absolute atomic E-state index is 0.213. The fraction of sp³-hybridized carbons (Fsp3) is 0.136. The van der Waals surface area contributed by atoms with E-state index in [-0.39, 0.29) is 17.8 Å². The van der Waals surface area contributed by atoms with Gasteiger partial charge in [0.05, 0.1) is 5.69 Å². The normalized spacial score (nSPS) is 20.1. The van der Waals surface area contributed by atoms with Gasteiger partial charge in [-0.1, -0.05) is 35.9 Å². The van der Waals surface area contributed by atoms with Gasteiger partial charge >= 0.3 is 0 Å². The van der Waals surface area contributed by atoms with Crippen LogP contribution in [0.1, 0.15) is 28.7 Å². The molecule has 146 valence electrons. The van der Waals surface area contributed by atoms with Gasteiger partial charge in [-0.3, -0.25) is 4.98 Å². The highest BCUT2D eigenvalue weighted by atomic mass is 35.5. The average molecular weight is 405 g/mol. The number of allylic oxidation sites excluding steroid dienone is 2. The van der Waals surface area contributed by atoms with Crippen molar-refractivity contribution >= 4 is 17.5 Å². The lowest BCUT2D eigenvalue weighted by Gasteiger charge is -2.41. The largest absolute Gasteiger partial charge is 0.370 e. The Bertz CT molecular complexity index is 1030. The van der Waals surface area contributed by atoms with Gasteiger partial charge in [-0.05, 0) is 53.7 Å². The van der Waals surface area contributed by atoms with Crippen LogP contribution in [0.4, 0.5) is 5.95 Å². The highest BCUT2D eigenvalue weighted by Gasteiger charge is 2.41. The molecule has 2 aromatic heterocycles.